The van der Waals surface area contributed by atoms with Crippen molar-refractivity contribution >= 4 is 5.97 Å². The molecule has 0 aliphatic heterocycles. The Bertz CT molecular complexity index is 387. The van der Waals surface area contributed by atoms with E-state index in [-0.39, 0.29) is 18.2 Å². The van der Waals surface area contributed by atoms with E-state index < -0.39 is 11.9 Å². The summed E-state index contributed by atoms with van der Waals surface area (Å²) in [6, 6.07) is 6.25. The van der Waals surface area contributed by atoms with Gasteiger partial charge in [-0.3, -0.25) is 4.79 Å². The lowest BCUT2D eigenvalue weighted by atomic mass is 9.88. The fourth-order valence-corrected chi connectivity index (χ4v) is 1.56. The van der Waals surface area contributed by atoms with E-state index >= 15 is 0 Å². The Kier molecular flexibility index (Phi) is 4.23. The van der Waals surface area contributed by atoms with Crippen LogP contribution in [-0.2, 0) is 11.2 Å². The summed E-state index contributed by atoms with van der Waals surface area (Å²) < 4.78 is 13.4. The number of allylic oxidation sites excluding steroid dienone is 1. The average molecular weight is 222 g/mol. The van der Waals surface area contributed by atoms with Crippen LogP contribution in [0.1, 0.15) is 12.5 Å². The highest BCUT2D eigenvalue weighted by Gasteiger charge is 2.23. The highest BCUT2D eigenvalue weighted by molar-refractivity contribution is 5.71. The zero-order valence-electron chi connectivity index (χ0n) is 9.19. The number of carboxylic acids is 1. The number of carbonyl (C=O) groups is 1. The predicted molar refractivity (Wildman–Crippen MR) is 60.6 cm³/mol. The molecule has 0 saturated carbocycles. The van der Waals surface area contributed by atoms with Crippen LogP contribution in [0.4, 0.5) is 4.39 Å². The second-order valence-corrected chi connectivity index (χ2v) is 3.84. The number of hydrogen-bond donors (Lipinski definition) is 1. The van der Waals surface area contributed by atoms with E-state index in [0.29, 0.717) is 5.56 Å². The minimum absolute atomic E-state index is 0.183. The highest BCUT2D eigenvalue weighted by atomic mass is 19.1. The van der Waals surface area contributed by atoms with Crippen LogP contribution in [0.5, 0.6) is 0 Å². The third kappa shape index (κ3) is 2.92. The molecule has 1 N–H and O–H groups in total. The van der Waals surface area contributed by atoms with Crippen molar-refractivity contribution in [3.63, 3.8) is 0 Å². The first-order chi connectivity index (χ1) is 7.56. The van der Waals surface area contributed by atoms with Gasteiger partial charge in [-0.15, -0.1) is 6.58 Å². The smallest absolute Gasteiger partial charge is 0.307 e. The van der Waals surface area contributed by atoms with E-state index in [9.17, 15) is 9.18 Å². The molecule has 0 fully saturated rings. The minimum Gasteiger partial charge on any atom is -0.481 e. The zero-order valence-corrected chi connectivity index (χ0v) is 9.19. The van der Waals surface area contributed by atoms with Gasteiger partial charge in [-0.05, 0) is 24.0 Å². The number of carboxylic acid groups (broad SMARTS) is 1. The molecule has 0 aliphatic carbocycles. The highest BCUT2D eigenvalue weighted by Crippen LogP contribution is 2.20. The molecule has 1 rings (SSSR count). The molecule has 3 heteroatoms. The van der Waals surface area contributed by atoms with E-state index in [1.807, 2.05) is 0 Å². The van der Waals surface area contributed by atoms with Crippen LogP contribution in [0, 0.1) is 17.7 Å². The van der Waals surface area contributed by atoms with Crippen molar-refractivity contribution in [3.8, 4) is 0 Å². The SMILES string of the molecule is C=CC(C)C(Cc1ccccc1F)C(=O)O. The maximum Gasteiger partial charge on any atom is 0.307 e. The molecule has 0 saturated heterocycles. The Morgan fingerprint density at radius 3 is 2.69 bits per heavy atom. The second-order valence-electron chi connectivity index (χ2n) is 3.84. The summed E-state index contributed by atoms with van der Waals surface area (Å²) in [5, 5.41) is 9.06. The first kappa shape index (κ1) is 12.4. The molecule has 16 heavy (non-hydrogen) atoms. The molecule has 2 unspecified atom stereocenters. The maximum atomic E-state index is 13.4. The molecule has 1 aromatic rings. The van der Waals surface area contributed by atoms with Gasteiger partial charge in [0.15, 0.2) is 0 Å². The normalized spacial score (nSPS) is 14.1. The Hall–Kier alpha value is -1.64. The molecule has 0 radical (unpaired) electrons. The topological polar surface area (TPSA) is 37.3 Å². The summed E-state index contributed by atoms with van der Waals surface area (Å²) >= 11 is 0. The van der Waals surface area contributed by atoms with Gasteiger partial charge in [0, 0.05) is 0 Å². The van der Waals surface area contributed by atoms with Crippen molar-refractivity contribution in [2.45, 2.75) is 13.3 Å². The lowest BCUT2D eigenvalue weighted by Crippen LogP contribution is -2.23. The van der Waals surface area contributed by atoms with Crippen molar-refractivity contribution in [3.05, 3.63) is 48.3 Å². The Morgan fingerprint density at radius 1 is 1.56 bits per heavy atom. The first-order valence-electron chi connectivity index (χ1n) is 5.15. The number of halogens is 1. The zero-order chi connectivity index (χ0) is 12.1. The molecule has 0 heterocycles. The first-order valence-corrected chi connectivity index (χ1v) is 5.15. The molecule has 0 spiro atoms. The van der Waals surface area contributed by atoms with Crippen LogP contribution in [0.25, 0.3) is 0 Å². The molecule has 2 atom stereocenters. The monoisotopic (exact) mass is 222 g/mol. The number of benzene rings is 1. The molecule has 0 aliphatic rings. The van der Waals surface area contributed by atoms with Crippen molar-refractivity contribution in [1.82, 2.24) is 0 Å². The van der Waals surface area contributed by atoms with Crippen LogP contribution < -0.4 is 0 Å². The van der Waals surface area contributed by atoms with Gasteiger partial charge in [0.05, 0.1) is 5.92 Å². The summed E-state index contributed by atoms with van der Waals surface area (Å²) in [4.78, 5) is 11.0. The van der Waals surface area contributed by atoms with Crippen molar-refractivity contribution in [2.75, 3.05) is 0 Å². The van der Waals surface area contributed by atoms with Crippen LogP contribution in [0.3, 0.4) is 0 Å². The fourth-order valence-electron chi connectivity index (χ4n) is 1.56. The average Bonchev–Trinajstić information content (AvgIpc) is 2.26. The number of rotatable bonds is 5. The lowest BCUT2D eigenvalue weighted by Gasteiger charge is -2.17. The van der Waals surface area contributed by atoms with Gasteiger partial charge in [0.25, 0.3) is 0 Å². The van der Waals surface area contributed by atoms with E-state index in [1.165, 1.54) is 6.07 Å². The van der Waals surface area contributed by atoms with Gasteiger partial charge >= 0.3 is 5.97 Å². The lowest BCUT2D eigenvalue weighted by molar-refractivity contribution is -0.142. The fraction of sp³-hybridized carbons (Fsp3) is 0.308. The Labute approximate surface area is 94.4 Å². The van der Waals surface area contributed by atoms with Gasteiger partial charge in [-0.1, -0.05) is 31.2 Å². The largest absolute Gasteiger partial charge is 0.481 e. The van der Waals surface area contributed by atoms with E-state index in [0.717, 1.165) is 0 Å². The van der Waals surface area contributed by atoms with Crippen LogP contribution in [0.2, 0.25) is 0 Å². The third-order valence-corrected chi connectivity index (χ3v) is 2.72. The predicted octanol–water partition coefficient (Wildman–Crippen LogP) is 2.89. The molecule has 86 valence electrons. The van der Waals surface area contributed by atoms with Crippen LogP contribution >= 0.6 is 0 Å². The second kappa shape index (κ2) is 5.45. The molecular weight excluding hydrogens is 207 g/mol. The number of aliphatic carboxylic acids is 1. The summed E-state index contributed by atoms with van der Waals surface area (Å²) in [5.74, 6) is -2.09. The maximum absolute atomic E-state index is 13.4. The van der Waals surface area contributed by atoms with E-state index in [2.05, 4.69) is 6.58 Å². The van der Waals surface area contributed by atoms with Gasteiger partial charge in [-0.2, -0.15) is 0 Å². The van der Waals surface area contributed by atoms with Gasteiger partial charge in [-0.25, -0.2) is 4.39 Å². The van der Waals surface area contributed by atoms with Crippen LogP contribution in [0.15, 0.2) is 36.9 Å². The molecule has 2 nitrogen and oxygen atoms in total. The summed E-state index contributed by atoms with van der Waals surface area (Å²) in [6.45, 7) is 5.34. The van der Waals surface area contributed by atoms with Crippen molar-refractivity contribution < 1.29 is 14.3 Å². The molecule has 1 aromatic carbocycles. The molecule has 0 amide bonds. The summed E-state index contributed by atoms with van der Waals surface area (Å²) in [6.07, 6.45) is 1.77. The molecular formula is C13H15FO2. The summed E-state index contributed by atoms with van der Waals surface area (Å²) in [7, 11) is 0. The van der Waals surface area contributed by atoms with E-state index in [1.54, 1.807) is 31.2 Å². The van der Waals surface area contributed by atoms with Crippen molar-refractivity contribution in [1.29, 1.82) is 0 Å². The third-order valence-electron chi connectivity index (χ3n) is 2.72. The van der Waals surface area contributed by atoms with Crippen molar-refractivity contribution in [2.24, 2.45) is 11.8 Å². The molecule has 0 aromatic heterocycles. The quantitative estimate of drug-likeness (QED) is 0.778. The van der Waals surface area contributed by atoms with Gasteiger partial charge in [0.1, 0.15) is 5.82 Å². The minimum atomic E-state index is -0.921. The van der Waals surface area contributed by atoms with Crippen LogP contribution in [-0.4, -0.2) is 11.1 Å². The molecule has 0 bridgehead atoms. The van der Waals surface area contributed by atoms with E-state index in [4.69, 9.17) is 5.11 Å². The summed E-state index contributed by atoms with van der Waals surface area (Å²) in [5.41, 5.74) is 0.434. The Balaban J connectivity index is 2.88. The van der Waals surface area contributed by atoms with Gasteiger partial charge < -0.3 is 5.11 Å². The standard InChI is InChI=1S/C13H15FO2/c1-3-9(2)11(13(15)16)8-10-6-4-5-7-12(10)14/h3-7,9,11H,1,8H2,2H3,(H,15,16). The Morgan fingerprint density at radius 2 is 2.19 bits per heavy atom. The van der Waals surface area contributed by atoms with Gasteiger partial charge in [0.2, 0.25) is 0 Å². The number of hydrogen-bond acceptors (Lipinski definition) is 1.